The lowest BCUT2D eigenvalue weighted by Crippen LogP contribution is -2.60. The molecule has 1 aliphatic carbocycles. The van der Waals surface area contributed by atoms with Crippen LogP contribution in [0.15, 0.2) is 0 Å². The third-order valence-electron chi connectivity index (χ3n) is 13.2. The Balaban J connectivity index is 1.78. The van der Waals surface area contributed by atoms with Gasteiger partial charge in [-0.1, -0.05) is 206 Å². The van der Waals surface area contributed by atoms with Gasteiger partial charge in [-0.2, -0.15) is 0 Å². The minimum absolute atomic E-state index is 0.161. The summed E-state index contributed by atoms with van der Waals surface area (Å²) in [5, 5.41) is 40.5. The summed E-state index contributed by atoms with van der Waals surface area (Å²) in [5.41, 5.74) is 0. The monoisotopic (exact) mass is 965 g/mol. The average Bonchev–Trinajstić information content (AvgIpc) is 3.30. The van der Waals surface area contributed by atoms with Gasteiger partial charge in [0.15, 0.2) is 12.4 Å². The number of phosphoric acid groups is 1. The van der Waals surface area contributed by atoms with Gasteiger partial charge in [-0.3, -0.25) is 18.6 Å². The van der Waals surface area contributed by atoms with E-state index in [1.54, 1.807) is 0 Å². The average molecular weight is 965 g/mol. The predicted octanol–water partition coefficient (Wildman–Crippen LogP) is 11.2. The van der Waals surface area contributed by atoms with Gasteiger partial charge in [-0.15, -0.1) is 0 Å². The number of unbranched alkanes of at least 4 members (excludes halogenated alkanes) is 28. The molecule has 2 aliphatic rings. The maximum atomic E-state index is 13.3. The van der Waals surface area contributed by atoms with Crippen LogP contribution in [0, 0.1) is 0 Å². The molecular formula is C51H97O14P. The summed E-state index contributed by atoms with van der Waals surface area (Å²) in [6.07, 6.45) is 28.3. The van der Waals surface area contributed by atoms with Crippen LogP contribution in [0.25, 0.3) is 0 Å². The van der Waals surface area contributed by atoms with Crippen molar-refractivity contribution in [2.75, 3.05) is 19.8 Å². The van der Waals surface area contributed by atoms with E-state index in [2.05, 4.69) is 13.8 Å². The maximum absolute atomic E-state index is 13.3. The van der Waals surface area contributed by atoms with Gasteiger partial charge in [0.05, 0.1) is 25.4 Å². The summed E-state index contributed by atoms with van der Waals surface area (Å²) in [5.74, 6) is -0.947. The second-order valence-electron chi connectivity index (χ2n) is 19.3. The summed E-state index contributed by atoms with van der Waals surface area (Å²) in [4.78, 5) is 36.5. The summed E-state index contributed by atoms with van der Waals surface area (Å²) < 4.78 is 46.8. The second-order valence-corrected chi connectivity index (χ2v) is 20.7. The van der Waals surface area contributed by atoms with Gasteiger partial charge < -0.3 is 44.3 Å². The first kappa shape index (κ1) is 60.9. The van der Waals surface area contributed by atoms with Crippen molar-refractivity contribution < 1.29 is 67.5 Å². The fraction of sp³-hybridized carbons (Fsp3) is 0.961. The number of carbonyl (C=O) groups excluding carboxylic acids is 2. The van der Waals surface area contributed by atoms with Crippen molar-refractivity contribution >= 4 is 19.8 Å². The molecule has 2 rings (SSSR count). The van der Waals surface area contributed by atoms with Crippen LogP contribution in [0.1, 0.15) is 245 Å². The lowest BCUT2D eigenvalue weighted by Gasteiger charge is -2.42. The molecule has 66 heavy (non-hydrogen) atoms. The Morgan fingerprint density at radius 1 is 0.561 bits per heavy atom. The Kier molecular flexibility index (Phi) is 36.5. The zero-order valence-electron chi connectivity index (χ0n) is 41.6. The van der Waals surface area contributed by atoms with Gasteiger partial charge in [-0.25, -0.2) is 4.57 Å². The van der Waals surface area contributed by atoms with Crippen molar-refractivity contribution in [3.63, 3.8) is 0 Å². The minimum Gasteiger partial charge on any atom is -0.462 e. The smallest absolute Gasteiger partial charge is 0.462 e. The summed E-state index contributed by atoms with van der Waals surface area (Å²) in [6.45, 7) is 2.97. The Labute approximate surface area is 399 Å². The van der Waals surface area contributed by atoms with E-state index in [1.165, 1.54) is 141 Å². The minimum atomic E-state index is -4.80. The Bertz CT molecular complexity index is 1220. The standard InChI is InChI=1S/C51H97O14P/c1-3-5-7-9-11-13-15-17-19-21-23-25-27-29-31-37-46(53)60-40-42(62-47(54)38-32-30-28-26-24-22-20-18-16-14-12-10-8-6-4-2)41-61-66(58,59)65-44-36-34-33-35-43(44)63-51-50(57)49(56)48(55)45(39-52)64-51/h42-45,48-52,55-57H,3-41H2,1-2H3,(H,58,59)/t42-,43-,44-,45?,48?,49?,50?,51?/m1/s1. The fourth-order valence-corrected chi connectivity index (χ4v) is 9.97. The van der Waals surface area contributed by atoms with Crippen LogP contribution in [0.3, 0.4) is 0 Å². The van der Waals surface area contributed by atoms with Crippen LogP contribution >= 0.6 is 7.82 Å². The van der Waals surface area contributed by atoms with Gasteiger partial charge in [0, 0.05) is 12.8 Å². The third-order valence-corrected chi connectivity index (χ3v) is 14.2. The van der Waals surface area contributed by atoms with Gasteiger partial charge >= 0.3 is 19.8 Å². The first-order chi connectivity index (χ1) is 32.0. The van der Waals surface area contributed by atoms with Crippen molar-refractivity contribution in [1.82, 2.24) is 0 Å². The molecule has 1 saturated carbocycles. The molecular weight excluding hydrogens is 868 g/mol. The van der Waals surface area contributed by atoms with E-state index < -0.39 is 82.0 Å². The Hall–Kier alpha value is -1.19. The van der Waals surface area contributed by atoms with Crippen LogP contribution < -0.4 is 0 Å². The maximum Gasteiger partial charge on any atom is 0.472 e. The summed E-state index contributed by atoms with van der Waals surface area (Å²) in [7, 11) is -4.80. The van der Waals surface area contributed by atoms with Crippen LogP contribution in [0.5, 0.6) is 0 Å². The fourth-order valence-electron chi connectivity index (χ4n) is 8.97. The highest BCUT2D eigenvalue weighted by molar-refractivity contribution is 7.47. The highest BCUT2D eigenvalue weighted by atomic mass is 31.2. The van der Waals surface area contributed by atoms with Crippen molar-refractivity contribution in [2.45, 2.75) is 294 Å². The van der Waals surface area contributed by atoms with E-state index in [1.807, 2.05) is 0 Å². The number of hydrogen-bond acceptors (Lipinski definition) is 13. The van der Waals surface area contributed by atoms with Gasteiger partial charge in [-0.05, 0) is 25.7 Å². The first-order valence-corrected chi connectivity index (χ1v) is 28.5. The molecule has 5 N–H and O–H groups in total. The van der Waals surface area contributed by atoms with Crippen molar-refractivity contribution in [3.8, 4) is 0 Å². The Morgan fingerprint density at radius 3 is 1.41 bits per heavy atom. The normalized spacial score (nSPS) is 23.7. The summed E-state index contributed by atoms with van der Waals surface area (Å²) >= 11 is 0. The molecule has 0 bridgehead atoms. The molecule has 0 spiro atoms. The molecule has 1 heterocycles. The molecule has 14 nitrogen and oxygen atoms in total. The molecule has 390 valence electrons. The van der Waals surface area contributed by atoms with E-state index >= 15 is 0 Å². The van der Waals surface area contributed by atoms with Crippen LogP contribution in [-0.4, -0.2) is 106 Å². The number of aliphatic hydroxyl groups is 4. The highest BCUT2D eigenvalue weighted by Gasteiger charge is 2.46. The molecule has 1 saturated heterocycles. The van der Waals surface area contributed by atoms with Gasteiger partial charge in [0.2, 0.25) is 0 Å². The highest BCUT2D eigenvalue weighted by Crippen LogP contribution is 2.47. The second kappa shape index (κ2) is 39.5. The SMILES string of the molecule is CCCCCCCCCCCCCCCCCC(=O)OC[C@H](COP(=O)(O)O[C@@H]1CCCC[C@H]1OC1OC(CO)C(O)C(O)C1O)OC(=O)CCCCCCCCCCCCCCCCC. The molecule has 6 unspecified atom stereocenters. The van der Waals surface area contributed by atoms with Crippen molar-refractivity contribution in [2.24, 2.45) is 0 Å². The molecule has 9 atom stereocenters. The van der Waals surface area contributed by atoms with E-state index in [0.29, 0.717) is 38.5 Å². The third kappa shape index (κ3) is 29.8. The molecule has 15 heteroatoms. The molecule has 0 amide bonds. The van der Waals surface area contributed by atoms with Crippen LogP contribution in [-0.2, 0) is 42.1 Å². The summed E-state index contributed by atoms with van der Waals surface area (Å²) in [6, 6.07) is 0. The quantitative estimate of drug-likeness (QED) is 0.0219. The first-order valence-electron chi connectivity index (χ1n) is 27.0. The number of aliphatic hydroxyl groups excluding tert-OH is 4. The molecule has 0 radical (unpaired) electrons. The van der Waals surface area contributed by atoms with Gasteiger partial charge in [0.1, 0.15) is 31.0 Å². The number of rotatable bonds is 43. The lowest BCUT2D eigenvalue weighted by atomic mass is 9.94. The van der Waals surface area contributed by atoms with E-state index in [-0.39, 0.29) is 19.4 Å². The predicted molar refractivity (Wildman–Crippen MR) is 258 cm³/mol. The number of phosphoric ester groups is 1. The van der Waals surface area contributed by atoms with E-state index in [0.717, 1.165) is 38.5 Å². The molecule has 1 aliphatic heterocycles. The van der Waals surface area contributed by atoms with Crippen LogP contribution in [0.4, 0.5) is 0 Å². The number of hydrogen-bond donors (Lipinski definition) is 5. The molecule has 2 fully saturated rings. The van der Waals surface area contributed by atoms with E-state index in [9.17, 15) is 39.5 Å². The molecule has 0 aromatic heterocycles. The van der Waals surface area contributed by atoms with Crippen LogP contribution in [0.2, 0.25) is 0 Å². The van der Waals surface area contributed by atoms with Crippen molar-refractivity contribution in [1.29, 1.82) is 0 Å². The van der Waals surface area contributed by atoms with Gasteiger partial charge in [0.25, 0.3) is 0 Å². The lowest BCUT2D eigenvalue weighted by molar-refractivity contribution is -0.318. The number of esters is 2. The van der Waals surface area contributed by atoms with Crippen molar-refractivity contribution in [3.05, 3.63) is 0 Å². The zero-order valence-corrected chi connectivity index (χ0v) is 42.4. The number of carbonyl (C=O) groups is 2. The Morgan fingerprint density at radius 2 is 0.970 bits per heavy atom. The number of ether oxygens (including phenoxy) is 4. The van der Waals surface area contributed by atoms with E-state index in [4.69, 9.17) is 28.0 Å². The largest absolute Gasteiger partial charge is 0.472 e. The zero-order chi connectivity index (χ0) is 48.1. The molecule has 0 aromatic rings. The topological polar surface area (TPSA) is 208 Å². The molecule has 0 aromatic carbocycles.